The van der Waals surface area contributed by atoms with Crippen LogP contribution in [0.3, 0.4) is 0 Å². The van der Waals surface area contributed by atoms with Crippen molar-refractivity contribution < 1.29 is 4.42 Å². The monoisotopic (exact) mass is 471 g/mol. The van der Waals surface area contributed by atoms with Crippen LogP contribution in [0.15, 0.2) is 98.9 Å². The highest BCUT2D eigenvalue weighted by Crippen LogP contribution is 2.30. The van der Waals surface area contributed by atoms with Crippen molar-refractivity contribution in [2.75, 3.05) is 0 Å². The molecule has 0 saturated carbocycles. The van der Waals surface area contributed by atoms with Crippen LogP contribution < -0.4 is 11.2 Å². The van der Waals surface area contributed by atoms with Crippen LogP contribution in [-0.4, -0.2) is 24.1 Å². The Morgan fingerprint density at radius 1 is 0.750 bits per heavy atom. The number of para-hydroxylation sites is 2. The van der Waals surface area contributed by atoms with Crippen molar-refractivity contribution in [3.63, 3.8) is 0 Å². The van der Waals surface area contributed by atoms with Gasteiger partial charge in [0, 0.05) is 16.3 Å². The predicted molar refractivity (Wildman–Crippen MR) is 138 cm³/mol. The second-order valence-corrected chi connectivity index (χ2v) is 8.52. The van der Waals surface area contributed by atoms with Gasteiger partial charge in [0.05, 0.1) is 22.2 Å². The van der Waals surface area contributed by atoms with Crippen molar-refractivity contribution in [1.29, 1.82) is 0 Å². The summed E-state index contributed by atoms with van der Waals surface area (Å²) in [4.78, 5) is 36.7. The molecule has 0 radical (unpaired) electrons. The molecule has 0 amide bonds. The Bertz CT molecular complexity index is 2090. The first-order valence-corrected chi connectivity index (χ1v) is 11.4. The molecule has 8 nitrogen and oxygen atoms in total. The SMILES string of the molecule is Cc1nc2nc3n(-c4ccccc4)nc(-c4ccccc4)n3c(=O)c2c2c1c(=O)oc1ccccc12. The van der Waals surface area contributed by atoms with Gasteiger partial charge in [-0.05, 0) is 25.1 Å². The Morgan fingerprint density at radius 2 is 1.44 bits per heavy atom. The van der Waals surface area contributed by atoms with Crippen molar-refractivity contribution in [3.8, 4) is 17.1 Å². The van der Waals surface area contributed by atoms with Gasteiger partial charge in [0.15, 0.2) is 11.5 Å². The molecule has 7 aromatic rings. The second-order valence-electron chi connectivity index (χ2n) is 8.52. The lowest BCUT2D eigenvalue weighted by Gasteiger charge is -2.09. The van der Waals surface area contributed by atoms with Crippen LogP contribution in [0.4, 0.5) is 0 Å². The fraction of sp³-hybridized carbons (Fsp3) is 0.0357. The minimum Gasteiger partial charge on any atom is -0.422 e. The molecule has 36 heavy (non-hydrogen) atoms. The maximum atomic E-state index is 14.3. The van der Waals surface area contributed by atoms with Gasteiger partial charge < -0.3 is 4.42 Å². The molecule has 172 valence electrons. The van der Waals surface area contributed by atoms with E-state index >= 15 is 0 Å². The molecule has 0 aliphatic carbocycles. The Labute approximate surface area is 202 Å². The average Bonchev–Trinajstić information content (AvgIpc) is 3.29. The van der Waals surface area contributed by atoms with E-state index in [1.807, 2.05) is 72.8 Å². The zero-order chi connectivity index (χ0) is 24.4. The molecule has 0 bridgehead atoms. The highest BCUT2D eigenvalue weighted by molar-refractivity contribution is 6.17. The Morgan fingerprint density at radius 3 is 2.22 bits per heavy atom. The third kappa shape index (κ3) is 2.78. The van der Waals surface area contributed by atoms with E-state index in [4.69, 9.17) is 14.5 Å². The van der Waals surface area contributed by atoms with Gasteiger partial charge >= 0.3 is 5.63 Å². The topological polar surface area (TPSA) is 95.3 Å². The van der Waals surface area contributed by atoms with Crippen LogP contribution in [0, 0.1) is 6.92 Å². The molecule has 0 fully saturated rings. The summed E-state index contributed by atoms with van der Waals surface area (Å²) in [6, 6.07) is 26.2. The molecule has 0 N–H and O–H groups in total. The highest BCUT2D eigenvalue weighted by atomic mass is 16.4. The van der Waals surface area contributed by atoms with Crippen molar-refractivity contribution in [1.82, 2.24) is 24.1 Å². The summed E-state index contributed by atoms with van der Waals surface area (Å²) in [7, 11) is 0. The van der Waals surface area contributed by atoms with Crippen LogP contribution in [0.1, 0.15) is 5.69 Å². The van der Waals surface area contributed by atoms with E-state index in [0.717, 1.165) is 11.3 Å². The number of aromatic nitrogens is 5. The molecule has 7 rings (SSSR count). The van der Waals surface area contributed by atoms with Gasteiger partial charge in [0.1, 0.15) is 5.58 Å². The summed E-state index contributed by atoms with van der Waals surface area (Å²) in [5, 5.41) is 6.47. The van der Waals surface area contributed by atoms with Crippen LogP contribution in [0.25, 0.3) is 55.6 Å². The molecule has 8 heteroatoms. The maximum absolute atomic E-state index is 14.3. The Balaban J connectivity index is 1.75. The van der Waals surface area contributed by atoms with E-state index in [1.54, 1.807) is 23.7 Å². The number of pyridine rings is 1. The molecule has 0 atom stereocenters. The number of rotatable bonds is 2. The standard InChI is InChI=1S/C28H17N5O3/c1-16-21-22(19-14-8-9-15-20(19)36-27(21)35)23-24(29-16)30-28-32(26(23)34)25(17-10-4-2-5-11-17)31-33(28)18-12-6-3-7-13-18/h2-15H,1H3. The number of benzene rings is 3. The summed E-state index contributed by atoms with van der Waals surface area (Å²) in [6.07, 6.45) is 0. The summed E-state index contributed by atoms with van der Waals surface area (Å²) in [6.45, 7) is 1.72. The normalized spacial score (nSPS) is 11.7. The van der Waals surface area contributed by atoms with E-state index in [9.17, 15) is 9.59 Å². The van der Waals surface area contributed by atoms with E-state index in [1.165, 1.54) is 4.40 Å². The van der Waals surface area contributed by atoms with Gasteiger partial charge in [-0.2, -0.15) is 9.67 Å². The molecular weight excluding hydrogens is 454 g/mol. The molecule has 0 unspecified atom stereocenters. The van der Waals surface area contributed by atoms with Crippen molar-refractivity contribution >= 4 is 38.6 Å². The molecular formula is C28H17N5O3. The molecule has 0 spiro atoms. The highest BCUT2D eigenvalue weighted by Gasteiger charge is 2.23. The molecule has 0 saturated heterocycles. The lowest BCUT2D eigenvalue weighted by atomic mass is 10.0. The van der Waals surface area contributed by atoms with Crippen LogP contribution >= 0.6 is 0 Å². The number of aryl methyl sites for hydroxylation is 1. The van der Waals surface area contributed by atoms with Gasteiger partial charge in [-0.15, -0.1) is 5.10 Å². The van der Waals surface area contributed by atoms with Gasteiger partial charge in [0.2, 0.25) is 5.78 Å². The largest absolute Gasteiger partial charge is 0.422 e. The predicted octanol–water partition coefficient (Wildman–Crippen LogP) is 4.66. The summed E-state index contributed by atoms with van der Waals surface area (Å²) in [5.74, 6) is 0.769. The fourth-order valence-corrected chi connectivity index (χ4v) is 4.78. The lowest BCUT2D eigenvalue weighted by Crippen LogP contribution is -2.18. The number of nitrogens with zero attached hydrogens (tertiary/aromatic N) is 5. The van der Waals surface area contributed by atoms with Gasteiger partial charge in [-0.3, -0.25) is 4.79 Å². The first kappa shape index (κ1) is 20.3. The fourth-order valence-electron chi connectivity index (χ4n) is 4.78. The Hall–Kier alpha value is -5.11. The van der Waals surface area contributed by atoms with Crippen molar-refractivity contribution in [3.05, 3.63) is 111 Å². The second kappa shape index (κ2) is 7.44. The molecule has 4 heterocycles. The van der Waals surface area contributed by atoms with Gasteiger partial charge in [-0.1, -0.05) is 66.7 Å². The van der Waals surface area contributed by atoms with Crippen LogP contribution in [-0.2, 0) is 0 Å². The van der Waals surface area contributed by atoms with Crippen LogP contribution in [0.5, 0.6) is 0 Å². The zero-order valence-corrected chi connectivity index (χ0v) is 19.0. The lowest BCUT2D eigenvalue weighted by molar-refractivity contribution is 0.569. The number of hydrogen-bond acceptors (Lipinski definition) is 6. The average molecular weight is 471 g/mol. The first-order valence-electron chi connectivity index (χ1n) is 11.4. The number of hydrogen-bond donors (Lipinski definition) is 0. The third-order valence-corrected chi connectivity index (χ3v) is 6.37. The summed E-state index contributed by atoms with van der Waals surface area (Å²) in [5.41, 5.74) is 1.71. The molecule has 4 aromatic heterocycles. The smallest absolute Gasteiger partial charge is 0.346 e. The van der Waals surface area contributed by atoms with Gasteiger partial charge in [-0.25, -0.2) is 14.2 Å². The third-order valence-electron chi connectivity index (χ3n) is 6.37. The van der Waals surface area contributed by atoms with Crippen LogP contribution in [0.2, 0.25) is 0 Å². The van der Waals surface area contributed by atoms with E-state index in [2.05, 4.69) is 4.98 Å². The molecule has 0 aliphatic heterocycles. The molecule has 3 aromatic carbocycles. The van der Waals surface area contributed by atoms with Gasteiger partial charge in [0.25, 0.3) is 5.56 Å². The Kier molecular flexibility index (Phi) is 4.19. The number of fused-ring (bicyclic) bond motifs is 6. The maximum Gasteiger partial charge on any atom is 0.346 e. The summed E-state index contributed by atoms with van der Waals surface area (Å²) >= 11 is 0. The minimum absolute atomic E-state index is 0.248. The molecule has 0 aliphatic rings. The zero-order valence-electron chi connectivity index (χ0n) is 19.0. The quantitative estimate of drug-likeness (QED) is 0.269. The van der Waals surface area contributed by atoms with E-state index < -0.39 is 5.63 Å². The first-order chi connectivity index (χ1) is 17.6. The van der Waals surface area contributed by atoms with E-state index in [0.29, 0.717) is 33.7 Å². The minimum atomic E-state index is -0.539. The van der Waals surface area contributed by atoms with Crippen molar-refractivity contribution in [2.45, 2.75) is 6.92 Å². The van der Waals surface area contributed by atoms with E-state index in [-0.39, 0.29) is 22.0 Å². The summed E-state index contributed by atoms with van der Waals surface area (Å²) < 4.78 is 8.68. The van der Waals surface area contributed by atoms with Crippen molar-refractivity contribution in [2.24, 2.45) is 0 Å².